The summed E-state index contributed by atoms with van der Waals surface area (Å²) in [4.78, 5) is 10.4. The molecule has 6 heteroatoms. The maximum absolute atomic E-state index is 13.6. The summed E-state index contributed by atoms with van der Waals surface area (Å²) in [6, 6.07) is 2.97. The van der Waals surface area contributed by atoms with Crippen molar-refractivity contribution in [2.45, 2.75) is 32.1 Å². The summed E-state index contributed by atoms with van der Waals surface area (Å²) >= 11 is 0.996. The average Bonchev–Trinajstić information content (AvgIpc) is 2.31. The van der Waals surface area contributed by atoms with E-state index in [1.165, 1.54) is 6.92 Å². The third-order valence-electron chi connectivity index (χ3n) is 2.62. The molecule has 3 nitrogen and oxygen atoms in total. The maximum Gasteiger partial charge on any atom is 0.217 e. The molecule has 1 amide bonds. The van der Waals surface area contributed by atoms with Crippen LogP contribution in [0.3, 0.4) is 0 Å². The summed E-state index contributed by atoms with van der Waals surface area (Å²) in [5.74, 6) is -1.48. The van der Waals surface area contributed by atoms with E-state index < -0.39 is 16.5 Å². The summed E-state index contributed by atoms with van der Waals surface area (Å²) in [5.41, 5.74) is -0.102. The van der Waals surface area contributed by atoms with Crippen molar-refractivity contribution in [3.63, 3.8) is 0 Å². The van der Waals surface area contributed by atoms with Gasteiger partial charge in [0.25, 0.3) is 0 Å². The zero-order chi connectivity index (χ0) is 14.6. The van der Waals surface area contributed by atoms with Crippen LogP contribution < -0.4 is 5.32 Å². The Morgan fingerprint density at radius 1 is 1.47 bits per heavy atom. The van der Waals surface area contributed by atoms with Crippen LogP contribution in [0.5, 0.6) is 0 Å². The molecule has 1 atom stereocenters. The Kier molecular flexibility index (Phi) is 5.05. The van der Waals surface area contributed by atoms with Crippen LogP contribution in [0, 0.1) is 17.0 Å². The first-order valence-electron chi connectivity index (χ1n) is 5.79. The fourth-order valence-corrected chi connectivity index (χ4v) is 2.57. The molecule has 19 heavy (non-hydrogen) atoms. The lowest BCUT2D eigenvalue weighted by Crippen LogP contribution is -2.42. The number of amides is 1. The summed E-state index contributed by atoms with van der Waals surface area (Å²) in [7, 11) is 0. The Bertz CT molecular complexity index is 507. The number of thioether (sulfide) groups is 1. The number of carbonyl (C=O) groups excluding carboxylic acids is 1. The molecule has 0 bridgehead atoms. The number of hydrogen-bond acceptors (Lipinski definition) is 3. The standard InChI is InChI=1S/C13H16F2N2OS/c1-4-13(3,17-8(2)18)19-12(16)10-7-9(14)5-6-11(10)15/h5-7,16H,4H2,1-3H3,(H,17,18). The van der Waals surface area contributed by atoms with Crippen molar-refractivity contribution in [1.29, 1.82) is 5.41 Å². The Labute approximate surface area is 115 Å². The van der Waals surface area contributed by atoms with Gasteiger partial charge >= 0.3 is 0 Å². The fraction of sp³-hybridized carbons (Fsp3) is 0.385. The highest BCUT2D eigenvalue weighted by Gasteiger charge is 2.27. The molecule has 0 aliphatic carbocycles. The molecule has 1 rings (SSSR count). The first kappa shape index (κ1) is 15.6. The summed E-state index contributed by atoms with van der Waals surface area (Å²) in [6.07, 6.45) is 0.552. The predicted octanol–water partition coefficient (Wildman–Crippen LogP) is 3.29. The number of hydrogen-bond donors (Lipinski definition) is 2. The normalized spacial score (nSPS) is 13.7. The molecule has 0 saturated heterocycles. The molecule has 0 aromatic heterocycles. The fourth-order valence-electron chi connectivity index (χ4n) is 1.51. The minimum Gasteiger partial charge on any atom is -0.342 e. The van der Waals surface area contributed by atoms with E-state index >= 15 is 0 Å². The van der Waals surface area contributed by atoms with Gasteiger partial charge in [0.05, 0.1) is 9.91 Å². The molecule has 0 spiro atoms. The van der Waals surface area contributed by atoms with Gasteiger partial charge in [-0.25, -0.2) is 8.78 Å². The topological polar surface area (TPSA) is 53.0 Å². The van der Waals surface area contributed by atoms with Crippen molar-refractivity contribution in [2.75, 3.05) is 0 Å². The van der Waals surface area contributed by atoms with Crippen LogP contribution in [-0.4, -0.2) is 15.8 Å². The second-order valence-corrected chi connectivity index (χ2v) is 5.83. The smallest absolute Gasteiger partial charge is 0.217 e. The third-order valence-corrected chi connectivity index (χ3v) is 3.88. The average molecular weight is 286 g/mol. The SMILES string of the molecule is CCC(C)(NC(C)=O)SC(=N)c1cc(F)ccc1F. The van der Waals surface area contributed by atoms with Crippen molar-refractivity contribution in [2.24, 2.45) is 0 Å². The second-order valence-electron chi connectivity index (χ2n) is 4.32. The van der Waals surface area contributed by atoms with E-state index in [2.05, 4.69) is 5.32 Å². The molecular weight excluding hydrogens is 270 g/mol. The van der Waals surface area contributed by atoms with Gasteiger partial charge in [0.1, 0.15) is 11.6 Å². The van der Waals surface area contributed by atoms with Gasteiger partial charge in [0.15, 0.2) is 0 Å². The molecular formula is C13H16F2N2OS. The van der Waals surface area contributed by atoms with Gasteiger partial charge in [-0.05, 0) is 31.5 Å². The molecule has 2 N–H and O–H groups in total. The first-order chi connectivity index (χ1) is 8.77. The Morgan fingerprint density at radius 2 is 2.11 bits per heavy atom. The second kappa shape index (κ2) is 6.14. The number of benzene rings is 1. The van der Waals surface area contributed by atoms with Gasteiger partial charge < -0.3 is 5.32 Å². The van der Waals surface area contributed by atoms with Gasteiger partial charge in [-0.2, -0.15) is 0 Å². The van der Waals surface area contributed by atoms with Gasteiger partial charge in [0.2, 0.25) is 5.91 Å². The van der Waals surface area contributed by atoms with Crippen LogP contribution in [0.2, 0.25) is 0 Å². The Balaban J connectivity index is 2.94. The molecule has 1 aromatic rings. The number of carbonyl (C=O) groups is 1. The van der Waals surface area contributed by atoms with Crippen LogP contribution in [0.25, 0.3) is 0 Å². The molecule has 0 heterocycles. The van der Waals surface area contributed by atoms with E-state index in [9.17, 15) is 13.6 Å². The minimum absolute atomic E-state index is 0.102. The highest BCUT2D eigenvalue weighted by molar-refractivity contribution is 8.15. The van der Waals surface area contributed by atoms with E-state index in [0.29, 0.717) is 6.42 Å². The van der Waals surface area contributed by atoms with Gasteiger partial charge in [0, 0.05) is 12.5 Å². The Morgan fingerprint density at radius 3 is 2.63 bits per heavy atom. The first-order valence-corrected chi connectivity index (χ1v) is 6.61. The van der Waals surface area contributed by atoms with Crippen molar-refractivity contribution in [1.82, 2.24) is 5.32 Å². The van der Waals surface area contributed by atoms with Crippen LogP contribution in [0.4, 0.5) is 8.78 Å². The number of nitrogens with one attached hydrogen (secondary N) is 2. The van der Waals surface area contributed by atoms with E-state index in [1.54, 1.807) is 6.92 Å². The van der Waals surface area contributed by atoms with Crippen LogP contribution >= 0.6 is 11.8 Å². The quantitative estimate of drug-likeness (QED) is 0.507. The molecule has 1 aromatic carbocycles. The highest BCUT2D eigenvalue weighted by Crippen LogP contribution is 2.30. The Hall–Kier alpha value is -1.43. The lowest BCUT2D eigenvalue weighted by Gasteiger charge is -2.28. The van der Waals surface area contributed by atoms with E-state index in [-0.39, 0.29) is 16.5 Å². The molecule has 104 valence electrons. The van der Waals surface area contributed by atoms with Gasteiger partial charge in [-0.3, -0.25) is 10.2 Å². The van der Waals surface area contributed by atoms with Gasteiger partial charge in [-0.1, -0.05) is 18.7 Å². The molecule has 0 aliphatic rings. The van der Waals surface area contributed by atoms with Crippen molar-refractivity contribution in [3.05, 3.63) is 35.4 Å². The zero-order valence-corrected chi connectivity index (χ0v) is 11.8. The zero-order valence-electron chi connectivity index (χ0n) is 11.0. The maximum atomic E-state index is 13.6. The minimum atomic E-state index is -0.721. The third kappa shape index (κ3) is 4.31. The van der Waals surface area contributed by atoms with Gasteiger partial charge in [-0.15, -0.1) is 0 Å². The largest absolute Gasteiger partial charge is 0.342 e. The molecule has 0 saturated carbocycles. The van der Waals surface area contributed by atoms with E-state index in [4.69, 9.17) is 5.41 Å². The van der Waals surface area contributed by atoms with Crippen molar-refractivity contribution < 1.29 is 13.6 Å². The number of halogens is 2. The van der Waals surface area contributed by atoms with Crippen LogP contribution in [0.15, 0.2) is 18.2 Å². The van der Waals surface area contributed by atoms with Crippen molar-refractivity contribution in [3.8, 4) is 0 Å². The molecule has 1 unspecified atom stereocenters. The molecule has 0 radical (unpaired) electrons. The number of rotatable bonds is 4. The van der Waals surface area contributed by atoms with E-state index in [1.807, 2.05) is 6.92 Å². The highest BCUT2D eigenvalue weighted by atomic mass is 32.2. The monoisotopic (exact) mass is 286 g/mol. The van der Waals surface area contributed by atoms with E-state index in [0.717, 1.165) is 30.0 Å². The lowest BCUT2D eigenvalue weighted by atomic mass is 10.2. The summed E-state index contributed by atoms with van der Waals surface area (Å²) in [6.45, 7) is 4.96. The molecule has 0 aliphatic heterocycles. The van der Waals surface area contributed by atoms with Crippen LogP contribution in [0.1, 0.15) is 32.8 Å². The van der Waals surface area contributed by atoms with Crippen molar-refractivity contribution >= 4 is 22.7 Å². The predicted molar refractivity (Wildman–Crippen MR) is 73.3 cm³/mol. The lowest BCUT2D eigenvalue weighted by molar-refractivity contribution is -0.119. The summed E-state index contributed by atoms with van der Waals surface area (Å²) in [5, 5.41) is 10.5. The summed E-state index contributed by atoms with van der Waals surface area (Å²) < 4.78 is 26.6. The molecule has 0 fully saturated rings. The van der Waals surface area contributed by atoms with Crippen LogP contribution in [-0.2, 0) is 4.79 Å².